The van der Waals surface area contributed by atoms with E-state index in [-0.39, 0.29) is 17.4 Å². The first kappa shape index (κ1) is 15.8. The molecule has 1 aliphatic heterocycles. The Hall–Kier alpha value is -1.55. The van der Waals surface area contributed by atoms with E-state index in [1.165, 1.54) is 0 Å². The first-order chi connectivity index (χ1) is 10.1. The molecule has 1 aliphatic rings. The van der Waals surface area contributed by atoms with Crippen molar-refractivity contribution in [2.24, 2.45) is 5.41 Å². The molecular weight excluding hydrogens is 264 g/mol. The van der Waals surface area contributed by atoms with Gasteiger partial charge in [-0.05, 0) is 45.3 Å². The molecule has 0 aliphatic carbocycles. The van der Waals surface area contributed by atoms with Gasteiger partial charge in [0.2, 0.25) is 5.91 Å². The van der Waals surface area contributed by atoms with Crippen LogP contribution in [0.5, 0.6) is 5.75 Å². The number of carbonyl (C=O) groups excluding carboxylic acids is 1. The smallest absolute Gasteiger partial charge is 0.226 e. The average Bonchev–Trinajstić information content (AvgIpc) is 2.55. The van der Waals surface area contributed by atoms with Crippen LogP contribution < -0.4 is 15.4 Å². The molecule has 1 aromatic rings. The van der Waals surface area contributed by atoms with Crippen molar-refractivity contribution in [2.45, 2.75) is 39.2 Å². The van der Waals surface area contributed by atoms with Crippen LogP contribution >= 0.6 is 0 Å². The molecule has 4 nitrogen and oxygen atoms in total. The lowest BCUT2D eigenvalue weighted by Gasteiger charge is -2.36. The molecule has 2 N–H and O–H groups in total. The number of benzene rings is 1. The summed E-state index contributed by atoms with van der Waals surface area (Å²) in [4.78, 5) is 12.8. The van der Waals surface area contributed by atoms with E-state index >= 15 is 0 Å². The fraction of sp³-hybridized carbons (Fsp3) is 0.588. The Bertz CT molecular complexity index is 481. The van der Waals surface area contributed by atoms with Gasteiger partial charge < -0.3 is 15.4 Å². The molecule has 0 spiro atoms. The lowest BCUT2D eigenvalue weighted by molar-refractivity contribution is -0.133. The highest BCUT2D eigenvalue weighted by Gasteiger charge is 2.38. The highest BCUT2D eigenvalue weighted by molar-refractivity contribution is 5.83. The summed E-state index contributed by atoms with van der Waals surface area (Å²) in [5, 5.41) is 6.52. The third-order valence-corrected chi connectivity index (χ3v) is 4.67. The van der Waals surface area contributed by atoms with Crippen LogP contribution in [0, 0.1) is 5.41 Å². The van der Waals surface area contributed by atoms with E-state index < -0.39 is 0 Å². The number of ether oxygens (including phenoxy) is 1. The molecule has 0 aromatic heterocycles. The number of amides is 1. The van der Waals surface area contributed by atoms with Gasteiger partial charge in [-0.3, -0.25) is 4.79 Å². The second-order valence-electron chi connectivity index (χ2n) is 5.82. The predicted molar refractivity (Wildman–Crippen MR) is 84.4 cm³/mol. The molecular formula is C17H26N2O2. The Morgan fingerprint density at radius 2 is 2.05 bits per heavy atom. The van der Waals surface area contributed by atoms with Crippen molar-refractivity contribution >= 4 is 5.91 Å². The van der Waals surface area contributed by atoms with E-state index in [1.54, 1.807) is 7.11 Å². The Morgan fingerprint density at radius 3 is 2.67 bits per heavy atom. The molecule has 0 saturated carbocycles. The first-order valence-electron chi connectivity index (χ1n) is 7.77. The van der Waals surface area contributed by atoms with E-state index in [0.717, 1.165) is 43.7 Å². The molecule has 2 rings (SSSR count). The summed E-state index contributed by atoms with van der Waals surface area (Å²) < 4.78 is 5.38. The minimum atomic E-state index is -0.221. The maximum Gasteiger partial charge on any atom is 0.226 e. The van der Waals surface area contributed by atoms with Gasteiger partial charge in [-0.15, -0.1) is 0 Å². The maximum absolute atomic E-state index is 12.8. The van der Waals surface area contributed by atoms with E-state index in [1.807, 2.05) is 31.2 Å². The summed E-state index contributed by atoms with van der Waals surface area (Å²) >= 11 is 0. The van der Waals surface area contributed by atoms with Gasteiger partial charge in [-0.25, -0.2) is 0 Å². The zero-order chi connectivity index (χ0) is 15.3. The summed E-state index contributed by atoms with van der Waals surface area (Å²) in [6, 6.07) is 7.80. The Balaban J connectivity index is 2.11. The molecule has 0 bridgehead atoms. The molecule has 0 radical (unpaired) electrons. The Labute approximate surface area is 127 Å². The van der Waals surface area contributed by atoms with Crippen molar-refractivity contribution in [3.63, 3.8) is 0 Å². The number of hydrogen-bond acceptors (Lipinski definition) is 3. The molecule has 1 atom stereocenters. The number of carbonyl (C=O) groups is 1. The van der Waals surface area contributed by atoms with Crippen molar-refractivity contribution in [1.29, 1.82) is 0 Å². The molecule has 0 unspecified atom stereocenters. The van der Waals surface area contributed by atoms with Crippen LogP contribution in [0.4, 0.5) is 0 Å². The van der Waals surface area contributed by atoms with E-state index in [4.69, 9.17) is 4.74 Å². The van der Waals surface area contributed by atoms with Crippen molar-refractivity contribution in [3.8, 4) is 5.75 Å². The maximum atomic E-state index is 12.8. The number of rotatable bonds is 5. The van der Waals surface area contributed by atoms with Crippen molar-refractivity contribution in [1.82, 2.24) is 10.6 Å². The first-order valence-corrected chi connectivity index (χ1v) is 7.77. The fourth-order valence-electron chi connectivity index (χ4n) is 3.10. The van der Waals surface area contributed by atoms with Gasteiger partial charge in [0, 0.05) is 5.56 Å². The largest absolute Gasteiger partial charge is 0.496 e. The topological polar surface area (TPSA) is 50.4 Å². The van der Waals surface area contributed by atoms with Gasteiger partial charge in [0.05, 0.1) is 18.6 Å². The summed E-state index contributed by atoms with van der Waals surface area (Å²) in [7, 11) is 1.66. The predicted octanol–water partition coefficient (Wildman–Crippen LogP) is 2.65. The zero-order valence-corrected chi connectivity index (χ0v) is 13.2. The number of hydrogen-bond donors (Lipinski definition) is 2. The molecule has 116 valence electrons. The number of methoxy groups -OCH3 is 1. The molecule has 1 saturated heterocycles. The van der Waals surface area contributed by atoms with Crippen LogP contribution in [0.3, 0.4) is 0 Å². The van der Waals surface area contributed by atoms with Crippen LogP contribution in [0.2, 0.25) is 0 Å². The van der Waals surface area contributed by atoms with Gasteiger partial charge in [-0.1, -0.05) is 25.1 Å². The van der Waals surface area contributed by atoms with E-state index in [9.17, 15) is 4.79 Å². The van der Waals surface area contributed by atoms with Crippen LogP contribution in [0.25, 0.3) is 0 Å². The number of nitrogens with one attached hydrogen (secondary N) is 2. The molecule has 1 amide bonds. The van der Waals surface area contributed by atoms with Gasteiger partial charge in [-0.2, -0.15) is 0 Å². The normalized spacial score (nSPS) is 18.8. The van der Waals surface area contributed by atoms with Crippen LogP contribution in [-0.2, 0) is 4.79 Å². The SMILES string of the molecule is CCC1(C(=O)N[C@H](C)c2ccccc2OC)CCNCC1. The summed E-state index contributed by atoms with van der Waals surface area (Å²) in [5.74, 6) is 0.992. The summed E-state index contributed by atoms with van der Waals surface area (Å²) in [6.45, 7) is 5.97. The lowest BCUT2D eigenvalue weighted by atomic mass is 9.75. The highest BCUT2D eigenvalue weighted by atomic mass is 16.5. The minimum Gasteiger partial charge on any atom is -0.496 e. The van der Waals surface area contributed by atoms with Crippen LogP contribution in [0.15, 0.2) is 24.3 Å². The minimum absolute atomic E-state index is 0.0491. The Morgan fingerprint density at radius 1 is 1.38 bits per heavy atom. The third-order valence-electron chi connectivity index (χ3n) is 4.67. The fourth-order valence-corrected chi connectivity index (χ4v) is 3.10. The van der Waals surface area contributed by atoms with E-state index in [2.05, 4.69) is 17.6 Å². The van der Waals surface area contributed by atoms with E-state index in [0.29, 0.717) is 0 Å². The second-order valence-corrected chi connectivity index (χ2v) is 5.82. The van der Waals surface area contributed by atoms with Gasteiger partial charge in [0.25, 0.3) is 0 Å². The average molecular weight is 290 g/mol. The lowest BCUT2D eigenvalue weighted by Crippen LogP contribution is -2.47. The standard InChI is InChI=1S/C17H26N2O2/c1-4-17(9-11-18-12-10-17)16(20)19-13(2)14-7-5-6-8-15(14)21-3/h5-8,13,18H,4,9-12H2,1-3H3,(H,19,20)/t13-/m1/s1. The number of piperidine rings is 1. The number of para-hydroxylation sites is 1. The van der Waals surface area contributed by atoms with Gasteiger partial charge in [0.15, 0.2) is 0 Å². The second kappa shape index (κ2) is 6.94. The summed E-state index contributed by atoms with van der Waals surface area (Å²) in [6.07, 6.45) is 2.71. The van der Waals surface area contributed by atoms with Crippen molar-refractivity contribution in [2.75, 3.05) is 20.2 Å². The molecule has 4 heteroatoms. The molecule has 21 heavy (non-hydrogen) atoms. The van der Waals surface area contributed by atoms with Gasteiger partial charge >= 0.3 is 0 Å². The Kier molecular flexibility index (Phi) is 5.23. The van der Waals surface area contributed by atoms with Crippen LogP contribution in [-0.4, -0.2) is 26.1 Å². The summed E-state index contributed by atoms with van der Waals surface area (Å²) in [5.41, 5.74) is 0.801. The zero-order valence-electron chi connectivity index (χ0n) is 13.2. The van der Waals surface area contributed by atoms with Gasteiger partial charge in [0.1, 0.15) is 5.75 Å². The quantitative estimate of drug-likeness (QED) is 0.876. The van der Waals surface area contributed by atoms with Crippen molar-refractivity contribution in [3.05, 3.63) is 29.8 Å². The molecule has 1 heterocycles. The monoisotopic (exact) mass is 290 g/mol. The van der Waals surface area contributed by atoms with Crippen LogP contribution in [0.1, 0.15) is 44.7 Å². The molecule has 1 aromatic carbocycles. The highest BCUT2D eigenvalue weighted by Crippen LogP contribution is 2.34. The van der Waals surface area contributed by atoms with Crippen molar-refractivity contribution < 1.29 is 9.53 Å². The molecule has 1 fully saturated rings. The third kappa shape index (κ3) is 3.38.